The molecule has 146 valence electrons. The zero-order chi connectivity index (χ0) is 20.5. The summed E-state index contributed by atoms with van der Waals surface area (Å²) in [6.45, 7) is 8.31. The van der Waals surface area contributed by atoms with Crippen LogP contribution in [0.4, 0.5) is 0 Å². The first-order valence-electron chi connectivity index (χ1n) is 8.88. The average Bonchev–Trinajstić information content (AvgIpc) is 3.26. The van der Waals surface area contributed by atoms with Crippen LogP contribution in [-0.2, 0) is 12.1 Å². The van der Waals surface area contributed by atoms with Gasteiger partial charge in [0.05, 0.1) is 23.0 Å². The second-order valence-corrected chi connectivity index (χ2v) is 7.53. The van der Waals surface area contributed by atoms with Crippen molar-refractivity contribution in [1.82, 2.24) is 24.9 Å². The van der Waals surface area contributed by atoms with Crippen molar-refractivity contribution < 1.29 is 14.7 Å². The maximum Gasteiger partial charge on any atom is 0.356 e. The molecule has 2 aromatic heterocycles. The van der Waals surface area contributed by atoms with Gasteiger partial charge in [-0.3, -0.25) is 9.48 Å². The van der Waals surface area contributed by atoms with Gasteiger partial charge < -0.3 is 10.4 Å². The molecule has 0 saturated carbocycles. The standard InChI is InChI=1S/C20H23N5O3/c1-13-16(12-22-25(13)20(2,3)4)18(26)21-11-14-6-5-7-15(10-14)24-9-8-17(23-24)19(27)28/h5-10,12H,11H2,1-4H3,(H,21,26)(H,27,28). The maximum atomic E-state index is 12.6. The number of amides is 1. The summed E-state index contributed by atoms with van der Waals surface area (Å²) >= 11 is 0. The van der Waals surface area contributed by atoms with Crippen molar-refractivity contribution in [1.29, 1.82) is 0 Å². The van der Waals surface area contributed by atoms with Crippen LogP contribution in [0.15, 0.2) is 42.7 Å². The molecule has 0 radical (unpaired) electrons. The fourth-order valence-electron chi connectivity index (χ4n) is 2.98. The number of hydrogen-bond acceptors (Lipinski definition) is 4. The Kier molecular flexibility index (Phi) is 5.04. The first-order valence-corrected chi connectivity index (χ1v) is 8.88. The molecule has 28 heavy (non-hydrogen) atoms. The topological polar surface area (TPSA) is 102 Å². The number of nitrogens with zero attached hydrogens (tertiary/aromatic N) is 4. The normalized spacial score (nSPS) is 11.4. The predicted octanol–water partition coefficient (Wildman–Crippen LogP) is 2.76. The van der Waals surface area contributed by atoms with Crippen LogP contribution in [0.5, 0.6) is 0 Å². The van der Waals surface area contributed by atoms with Crippen LogP contribution in [0.1, 0.15) is 52.9 Å². The highest BCUT2D eigenvalue weighted by Gasteiger charge is 2.21. The van der Waals surface area contributed by atoms with E-state index in [2.05, 4.69) is 15.5 Å². The molecule has 0 unspecified atom stereocenters. The fraction of sp³-hybridized carbons (Fsp3) is 0.300. The van der Waals surface area contributed by atoms with E-state index < -0.39 is 5.97 Å². The summed E-state index contributed by atoms with van der Waals surface area (Å²) < 4.78 is 3.33. The molecule has 2 heterocycles. The smallest absolute Gasteiger partial charge is 0.356 e. The van der Waals surface area contributed by atoms with Crippen molar-refractivity contribution in [2.24, 2.45) is 0 Å². The van der Waals surface area contributed by atoms with E-state index in [0.29, 0.717) is 12.1 Å². The molecule has 1 aromatic carbocycles. The Morgan fingerprint density at radius 1 is 1.21 bits per heavy atom. The molecule has 0 aliphatic heterocycles. The van der Waals surface area contributed by atoms with E-state index >= 15 is 0 Å². The molecule has 2 N–H and O–H groups in total. The molecule has 3 rings (SSSR count). The van der Waals surface area contributed by atoms with Gasteiger partial charge >= 0.3 is 5.97 Å². The van der Waals surface area contributed by atoms with Crippen molar-refractivity contribution in [3.63, 3.8) is 0 Å². The van der Waals surface area contributed by atoms with Gasteiger partial charge in [-0.2, -0.15) is 10.2 Å². The molecule has 0 aliphatic rings. The van der Waals surface area contributed by atoms with Gasteiger partial charge in [0.25, 0.3) is 5.91 Å². The Bertz CT molecular complexity index is 1030. The van der Waals surface area contributed by atoms with Crippen molar-refractivity contribution in [2.75, 3.05) is 0 Å². The lowest BCUT2D eigenvalue weighted by molar-refractivity contribution is 0.0689. The van der Waals surface area contributed by atoms with Crippen LogP contribution in [-0.4, -0.2) is 36.5 Å². The van der Waals surface area contributed by atoms with Crippen LogP contribution in [0.25, 0.3) is 5.69 Å². The van der Waals surface area contributed by atoms with Crippen molar-refractivity contribution in [3.8, 4) is 5.69 Å². The van der Waals surface area contributed by atoms with E-state index in [0.717, 1.165) is 16.9 Å². The van der Waals surface area contributed by atoms with Crippen LogP contribution in [0.2, 0.25) is 0 Å². The molecule has 1 amide bonds. The number of carbonyl (C=O) groups excluding carboxylic acids is 1. The first-order chi connectivity index (χ1) is 13.2. The van der Waals surface area contributed by atoms with Gasteiger partial charge in [0.1, 0.15) is 0 Å². The summed E-state index contributed by atoms with van der Waals surface area (Å²) in [7, 11) is 0. The van der Waals surface area contributed by atoms with Crippen LogP contribution >= 0.6 is 0 Å². The summed E-state index contributed by atoms with van der Waals surface area (Å²) in [5.74, 6) is -1.26. The second-order valence-electron chi connectivity index (χ2n) is 7.53. The Morgan fingerprint density at radius 3 is 2.57 bits per heavy atom. The highest BCUT2D eigenvalue weighted by atomic mass is 16.4. The number of aromatic carboxylic acids is 1. The largest absolute Gasteiger partial charge is 0.476 e. The first kappa shape index (κ1) is 19.3. The highest BCUT2D eigenvalue weighted by molar-refractivity contribution is 5.95. The molecule has 0 fully saturated rings. The Balaban J connectivity index is 1.72. The number of hydrogen-bond donors (Lipinski definition) is 2. The molecule has 0 saturated heterocycles. The molecule has 0 atom stereocenters. The minimum absolute atomic E-state index is 0.0231. The van der Waals surface area contributed by atoms with Gasteiger partial charge in [-0.05, 0) is 51.5 Å². The molecular formula is C20H23N5O3. The van der Waals surface area contributed by atoms with Gasteiger partial charge in [0, 0.05) is 18.4 Å². The maximum absolute atomic E-state index is 12.6. The lowest BCUT2D eigenvalue weighted by Gasteiger charge is -2.21. The molecule has 0 spiro atoms. The van der Waals surface area contributed by atoms with Crippen molar-refractivity contribution >= 4 is 11.9 Å². The van der Waals surface area contributed by atoms with E-state index in [1.807, 2.05) is 56.6 Å². The van der Waals surface area contributed by atoms with Gasteiger partial charge in [-0.15, -0.1) is 0 Å². The molecule has 8 heteroatoms. The minimum Gasteiger partial charge on any atom is -0.476 e. The minimum atomic E-state index is -1.08. The van der Waals surface area contributed by atoms with E-state index in [4.69, 9.17) is 5.11 Å². The Hall–Kier alpha value is -3.42. The number of benzene rings is 1. The van der Waals surface area contributed by atoms with E-state index in [9.17, 15) is 9.59 Å². The van der Waals surface area contributed by atoms with E-state index in [-0.39, 0.29) is 17.1 Å². The SMILES string of the molecule is Cc1c(C(=O)NCc2cccc(-n3ccc(C(=O)O)n3)c2)cnn1C(C)(C)C. The summed E-state index contributed by atoms with van der Waals surface area (Å²) in [6.07, 6.45) is 3.18. The van der Waals surface area contributed by atoms with Crippen molar-refractivity contribution in [2.45, 2.75) is 39.8 Å². The number of carbonyl (C=O) groups is 2. The highest BCUT2D eigenvalue weighted by Crippen LogP contribution is 2.18. The average molecular weight is 381 g/mol. The Labute approximate surface area is 162 Å². The summed E-state index contributed by atoms with van der Waals surface area (Å²) in [4.78, 5) is 23.6. The third kappa shape index (κ3) is 3.95. The number of carboxylic acids is 1. The molecular weight excluding hydrogens is 358 g/mol. The number of rotatable bonds is 5. The number of nitrogens with one attached hydrogen (secondary N) is 1. The number of aromatic nitrogens is 4. The lowest BCUT2D eigenvalue weighted by Crippen LogP contribution is -2.26. The zero-order valence-corrected chi connectivity index (χ0v) is 16.3. The van der Waals surface area contributed by atoms with E-state index in [1.165, 1.54) is 10.7 Å². The predicted molar refractivity (Wildman–Crippen MR) is 104 cm³/mol. The number of carboxylic acid groups (broad SMARTS) is 1. The second kappa shape index (κ2) is 7.30. The third-order valence-electron chi connectivity index (χ3n) is 4.33. The third-order valence-corrected chi connectivity index (χ3v) is 4.33. The molecule has 8 nitrogen and oxygen atoms in total. The van der Waals surface area contributed by atoms with Crippen LogP contribution in [0.3, 0.4) is 0 Å². The fourth-order valence-corrected chi connectivity index (χ4v) is 2.98. The van der Waals surface area contributed by atoms with Gasteiger partial charge in [0.15, 0.2) is 5.69 Å². The van der Waals surface area contributed by atoms with Crippen LogP contribution < -0.4 is 5.32 Å². The summed E-state index contributed by atoms with van der Waals surface area (Å²) in [5, 5.41) is 20.3. The molecule has 0 aliphatic carbocycles. The monoisotopic (exact) mass is 381 g/mol. The van der Waals surface area contributed by atoms with Crippen molar-refractivity contribution in [3.05, 3.63) is 65.2 Å². The summed E-state index contributed by atoms with van der Waals surface area (Å²) in [5.41, 5.74) is 2.73. The lowest BCUT2D eigenvalue weighted by atomic mass is 10.1. The van der Waals surface area contributed by atoms with Gasteiger partial charge in [0.2, 0.25) is 0 Å². The van der Waals surface area contributed by atoms with E-state index in [1.54, 1.807) is 12.4 Å². The summed E-state index contributed by atoms with van der Waals surface area (Å²) in [6, 6.07) is 8.83. The van der Waals surface area contributed by atoms with Crippen LogP contribution in [0, 0.1) is 6.92 Å². The quantitative estimate of drug-likeness (QED) is 0.707. The van der Waals surface area contributed by atoms with Gasteiger partial charge in [-0.1, -0.05) is 12.1 Å². The molecule has 3 aromatic rings. The molecule has 0 bridgehead atoms. The Morgan fingerprint density at radius 2 is 1.96 bits per heavy atom. The zero-order valence-electron chi connectivity index (χ0n) is 16.3. The van der Waals surface area contributed by atoms with Gasteiger partial charge in [-0.25, -0.2) is 9.48 Å².